The number of carbonyl (C=O) groups excluding carboxylic acids is 2. The molecule has 2 rings (SSSR count). The normalized spacial score (nSPS) is 15.3. The summed E-state index contributed by atoms with van der Waals surface area (Å²) >= 11 is 0. The van der Waals surface area contributed by atoms with E-state index in [1.807, 2.05) is 48.2 Å². The lowest BCUT2D eigenvalue weighted by Gasteiger charge is -2.31. The van der Waals surface area contributed by atoms with Crippen molar-refractivity contribution in [1.29, 1.82) is 0 Å². The Morgan fingerprint density at radius 2 is 1.73 bits per heavy atom. The van der Waals surface area contributed by atoms with Crippen molar-refractivity contribution in [2.75, 3.05) is 37.4 Å². The van der Waals surface area contributed by atoms with E-state index in [0.717, 1.165) is 24.2 Å². The van der Waals surface area contributed by atoms with Crippen molar-refractivity contribution in [3.63, 3.8) is 0 Å². The van der Waals surface area contributed by atoms with Crippen molar-refractivity contribution in [2.24, 2.45) is 0 Å². The average Bonchev–Trinajstić information content (AvgIpc) is 2.48. The maximum atomic E-state index is 12.0. The van der Waals surface area contributed by atoms with E-state index < -0.39 is 0 Å². The molecule has 1 fully saturated rings. The molecule has 6 nitrogen and oxygen atoms in total. The first-order valence-electron chi connectivity index (χ1n) is 7.56. The average molecular weight is 304 g/mol. The van der Waals surface area contributed by atoms with Crippen LogP contribution in [-0.4, -0.2) is 50.1 Å². The SMILES string of the molecule is CC(=O)N1CCC(NC(=O)Nc2ccc(N(C)C)cc2)CC1. The predicted molar refractivity (Wildman–Crippen MR) is 88.2 cm³/mol. The summed E-state index contributed by atoms with van der Waals surface area (Å²) in [6.07, 6.45) is 1.60. The van der Waals surface area contributed by atoms with Crippen molar-refractivity contribution in [3.05, 3.63) is 24.3 Å². The van der Waals surface area contributed by atoms with Gasteiger partial charge in [-0.25, -0.2) is 4.79 Å². The van der Waals surface area contributed by atoms with Crippen molar-refractivity contribution < 1.29 is 9.59 Å². The number of piperidine rings is 1. The molecule has 1 saturated heterocycles. The van der Waals surface area contributed by atoms with E-state index in [0.29, 0.717) is 13.1 Å². The van der Waals surface area contributed by atoms with Crippen LogP contribution in [0.3, 0.4) is 0 Å². The zero-order chi connectivity index (χ0) is 16.1. The summed E-state index contributed by atoms with van der Waals surface area (Å²) in [5.74, 6) is 0.101. The van der Waals surface area contributed by atoms with Gasteiger partial charge in [-0.3, -0.25) is 4.79 Å². The number of benzene rings is 1. The van der Waals surface area contributed by atoms with Crippen molar-refractivity contribution in [3.8, 4) is 0 Å². The minimum atomic E-state index is -0.195. The summed E-state index contributed by atoms with van der Waals surface area (Å²) in [6, 6.07) is 7.61. The number of hydrogen-bond acceptors (Lipinski definition) is 3. The molecule has 22 heavy (non-hydrogen) atoms. The molecule has 0 aromatic heterocycles. The lowest BCUT2D eigenvalue weighted by atomic mass is 10.1. The van der Waals surface area contributed by atoms with E-state index in [2.05, 4.69) is 10.6 Å². The van der Waals surface area contributed by atoms with Gasteiger partial charge in [0.1, 0.15) is 0 Å². The van der Waals surface area contributed by atoms with Crippen LogP contribution in [0.15, 0.2) is 24.3 Å². The molecule has 120 valence electrons. The fourth-order valence-electron chi connectivity index (χ4n) is 2.53. The third kappa shape index (κ3) is 4.38. The third-order valence-electron chi connectivity index (χ3n) is 3.92. The molecule has 0 bridgehead atoms. The number of hydrogen-bond donors (Lipinski definition) is 2. The molecule has 0 aliphatic carbocycles. The molecule has 0 spiro atoms. The van der Waals surface area contributed by atoms with Crippen molar-refractivity contribution in [1.82, 2.24) is 10.2 Å². The Hall–Kier alpha value is -2.24. The number of amides is 3. The van der Waals surface area contributed by atoms with Gasteiger partial charge in [0.05, 0.1) is 0 Å². The largest absolute Gasteiger partial charge is 0.378 e. The molecular weight excluding hydrogens is 280 g/mol. The molecule has 0 unspecified atom stereocenters. The van der Waals surface area contributed by atoms with Crippen molar-refractivity contribution in [2.45, 2.75) is 25.8 Å². The van der Waals surface area contributed by atoms with Gasteiger partial charge in [-0.15, -0.1) is 0 Å². The Morgan fingerprint density at radius 3 is 2.23 bits per heavy atom. The fourth-order valence-corrected chi connectivity index (χ4v) is 2.53. The minimum Gasteiger partial charge on any atom is -0.378 e. The predicted octanol–water partition coefficient (Wildman–Crippen LogP) is 1.89. The van der Waals surface area contributed by atoms with E-state index in [1.54, 1.807) is 6.92 Å². The lowest BCUT2D eigenvalue weighted by molar-refractivity contribution is -0.129. The van der Waals surface area contributed by atoms with Gasteiger partial charge in [-0.05, 0) is 37.1 Å². The Balaban J connectivity index is 1.80. The van der Waals surface area contributed by atoms with Gasteiger partial charge in [-0.2, -0.15) is 0 Å². The highest BCUT2D eigenvalue weighted by Crippen LogP contribution is 2.16. The Kier molecular flexibility index (Phi) is 5.25. The Bertz CT molecular complexity index is 519. The first-order chi connectivity index (χ1) is 10.5. The Morgan fingerprint density at radius 1 is 1.14 bits per heavy atom. The molecule has 1 aromatic carbocycles. The van der Waals surface area contributed by atoms with Crippen LogP contribution < -0.4 is 15.5 Å². The number of urea groups is 1. The van der Waals surface area contributed by atoms with E-state index in [1.165, 1.54) is 0 Å². The summed E-state index contributed by atoms with van der Waals surface area (Å²) in [5.41, 5.74) is 1.85. The number of anilines is 2. The summed E-state index contributed by atoms with van der Waals surface area (Å²) in [4.78, 5) is 27.1. The molecule has 1 aliphatic heterocycles. The molecule has 1 heterocycles. The van der Waals surface area contributed by atoms with Crippen LogP contribution in [0.1, 0.15) is 19.8 Å². The molecule has 3 amide bonds. The molecule has 0 saturated carbocycles. The van der Waals surface area contributed by atoms with Crippen LogP contribution >= 0.6 is 0 Å². The van der Waals surface area contributed by atoms with Crippen LogP contribution in [0.2, 0.25) is 0 Å². The van der Waals surface area contributed by atoms with Crippen LogP contribution in [0, 0.1) is 0 Å². The minimum absolute atomic E-state index is 0.101. The maximum absolute atomic E-state index is 12.0. The first-order valence-corrected chi connectivity index (χ1v) is 7.56. The molecule has 2 N–H and O–H groups in total. The number of carbonyl (C=O) groups is 2. The number of nitrogens with zero attached hydrogens (tertiary/aromatic N) is 2. The molecule has 6 heteroatoms. The van der Waals surface area contributed by atoms with E-state index in [9.17, 15) is 9.59 Å². The standard InChI is InChI=1S/C16H24N4O2/c1-12(21)20-10-8-14(9-11-20)18-16(22)17-13-4-6-15(7-5-13)19(2)3/h4-7,14H,8-11H2,1-3H3,(H2,17,18,22). The lowest BCUT2D eigenvalue weighted by Crippen LogP contribution is -2.47. The van der Waals surface area contributed by atoms with Crippen LogP contribution in [-0.2, 0) is 4.79 Å². The van der Waals surface area contributed by atoms with E-state index in [-0.39, 0.29) is 18.0 Å². The Labute approximate surface area is 131 Å². The first kappa shape index (κ1) is 16.1. The van der Waals surface area contributed by atoms with Gasteiger partial charge in [0.25, 0.3) is 0 Å². The van der Waals surface area contributed by atoms with Crippen LogP contribution in [0.4, 0.5) is 16.2 Å². The molecule has 1 aromatic rings. The maximum Gasteiger partial charge on any atom is 0.319 e. The van der Waals surface area contributed by atoms with Gasteiger partial charge in [0.2, 0.25) is 5.91 Å². The zero-order valence-electron chi connectivity index (χ0n) is 13.4. The van der Waals surface area contributed by atoms with Gasteiger partial charge in [-0.1, -0.05) is 0 Å². The fraction of sp³-hybridized carbons (Fsp3) is 0.500. The summed E-state index contributed by atoms with van der Waals surface area (Å²) in [5, 5.41) is 5.81. The summed E-state index contributed by atoms with van der Waals surface area (Å²) in [6.45, 7) is 2.99. The highest BCUT2D eigenvalue weighted by atomic mass is 16.2. The van der Waals surface area contributed by atoms with Crippen LogP contribution in [0.25, 0.3) is 0 Å². The van der Waals surface area contributed by atoms with E-state index in [4.69, 9.17) is 0 Å². The number of nitrogens with one attached hydrogen (secondary N) is 2. The third-order valence-corrected chi connectivity index (χ3v) is 3.92. The number of likely N-dealkylation sites (tertiary alicyclic amines) is 1. The molecular formula is C16H24N4O2. The van der Waals surface area contributed by atoms with Gasteiger partial charge in [0, 0.05) is 51.5 Å². The van der Waals surface area contributed by atoms with E-state index >= 15 is 0 Å². The topological polar surface area (TPSA) is 64.7 Å². The smallest absolute Gasteiger partial charge is 0.319 e. The second-order valence-electron chi connectivity index (χ2n) is 5.82. The van der Waals surface area contributed by atoms with Crippen molar-refractivity contribution >= 4 is 23.3 Å². The van der Waals surface area contributed by atoms with Gasteiger partial charge >= 0.3 is 6.03 Å². The van der Waals surface area contributed by atoms with Crippen LogP contribution in [0.5, 0.6) is 0 Å². The monoisotopic (exact) mass is 304 g/mol. The molecule has 0 atom stereocenters. The highest BCUT2D eigenvalue weighted by molar-refractivity contribution is 5.89. The summed E-state index contributed by atoms with van der Waals surface area (Å²) in [7, 11) is 3.95. The second kappa shape index (κ2) is 7.15. The summed E-state index contributed by atoms with van der Waals surface area (Å²) < 4.78 is 0. The molecule has 0 radical (unpaired) electrons. The van der Waals surface area contributed by atoms with Gasteiger partial charge in [0.15, 0.2) is 0 Å². The number of rotatable bonds is 3. The second-order valence-corrected chi connectivity index (χ2v) is 5.82. The highest BCUT2D eigenvalue weighted by Gasteiger charge is 2.21. The quantitative estimate of drug-likeness (QED) is 0.896. The molecule has 1 aliphatic rings. The van der Waals surface area contributed by atoms with Gasteiger partial charge < -0.3 is 20.4 Å². The zero-order valence-corrected chi connectivity index (χ0v) is 13.4.